The van der Waals surface area contributed by atoms with Gasteiger partial charge in [-0.05, 0) is 37.1 Å². The van der Waals surface area contributed by atoms with Gasteiger partial charge in [-0.2, -0.15) is 0 Å². The monoisotopic (exact) mass is 455 g/mol. The predicted molar refractivity (Wildman–Crippen MR) is 134 cm³/mol. The number of pyridine rings is 1. The van der Waals surface area contributed by atoms with Crippen LogP contribution in [0.1, 0.15) is 36.8 Å². The number of nitrogens with zero attached hydrogens (tertiary/aromatic N) is 4. The summed E-state index contributed by atoms with van der Waals surface area (Å²) in [7, 11) is 0. The fourth-order valence-corrected chi connectivity index (χ4v) is 4.48. The SMILES string of the molecule is CC(C)[C@]1(C)N=C(c2nc3ccccc3cc2C(=O)N2CCN(c3ccccc3)CC2)NC1=O. The first kappa shape index (κ1) is 22.1. The van der Waals surface area contributed by atoms with Crippen LogP contribution >= 0.6 is 0 Å². The fourth-order valence-electron chi connectivity index (χ4n) is 4.48. The van der Waals surface area contributed by atoms with Gasteiger partial charge in [-0.15, -0.1) is 0 Å². The molecule has 0 bridgehead atoms. The molecule has 3 aromatic rings. The van der Waals surface area contributed by atoms with E-state index in [1.165, 1.54) is 5.69 Å². The van der Waals surface area contributed by atoms with Gasteiger partial charge in [0.15, 0.2) is 5.84 Å². The van der Waals surface area contributed by atoms with Gasteiger partial charge in [0, 0.05) is 37.3 Å². The molecule has 1 fully saturated rings. The first-order valence-corrected chi connectivity index (χ1v) is 11.8. The van der Waals surface area contributed by atoms with Crippen LogP contribution in [0.15, 0.2) is 65.7 Å². The van der Waals surface area contributed by atoms with Crippen molar-refractivity contribution in [1.82, 2.24) is 15.2 Å². The highest BCUT2D eigenvalue weighted by Gasteiger charge is 2.43. The number of aromatic nitrogens is 1. The Labute approximate surface area is 199 Å². The molecular weight excluding hydrogens is 426 g/mol. The molecule has 3 heterocycles. The Kier molecular flexibility index (Phi) is 5.55. The summed E-state index contributed by atoms with van der Waals surface area (Å²) in [5, 5.41) is 3.79. The number of rotatable bonds is 4. The van der Waals surface area contributed by atoms with Gasteiger partial charge < -0.3 is 15.1 Å². The number of amidine groups is 1. The third kappa shape index (κ3) is 3.81. The Morgan fingerprint density at radius 3 is 2.35 bits per heavy atom. The van der Waals surface area contributed by atoms with Crippen LogP contribution in [0.4, 0.5) is 5.69 Å². The van der Waals surface area contributed by atoms with E-state index in [4.69, 9.17) is 9.98 Å². The number of benzene rings is 2. The number of fused-ring (bicyclic) bond motifs is 1. The maximum Gasteiger partial charge on any atom is 0.256 e. The molecule has 0 radical (unpaired) electrons. The van der Waals surface area contributed by atoms with E-state index in [9.17, 15) is 9.59 Å². The maximum absolute atomic E-state index is 13.7. The van der Waals surface area contributed by atoms with Crippen molar-refractivity contribution < 1.29 is 9.59 Å². The molecule has 7 heteroatoms. The molecule has 174 valence electrons. The van der Waals surface area contributed by atoms with E-state index < -0.39 is 5.54 Å². The van der Waals surface area contributed by atoms with Gasteiger partial charge in [-0.3, -0.25) is 9.59 Å². The predicted octanol–water partition coefficient (Wildman–Crippen LogP) is 3.49. The van der Waals surface area contributed by atoms with Gasteiger partial charge in [0.25, 0.3) is 11.8 Å². The van der Waals surface area contributed by atoms with Crippen LogP contribution in [0.25, 0.3) is 10.9 Å². The number of carbonyl (C=O) groups is 2. The van der Waals surface area contributed by atoms with E-state index in [2.05, 4.69) is 22.3 Å². The first-order chi connectivity index (χ1) is 16.4. The summed E-state index contributed by atoms with van der Waals surface area (Å²) < 4.78 is 0. The van der Waals surface area contributed by atoms with Crippen LogP contribution in [0.5, 0.6) is 0 Å². The number of anilines is 1. The standard InChI is InChI=1S/C27H29N5O2/c1-18(2)27(3)26(34)29-24(30-27)23-21(17-19-9-7-8-12-22(19)28-23)25(33)32-15-13-31(14-16-32)20-10-5-4-6-11-20/h4-12,17-18H,13-16H2,1-3H3,(H,29,30,34)/t27-/m0/s1. The minimum absolute atomic E-state index is 0.00988. The third-order valence-electron chi connectivity index (χ3n) is 7.03. The molecule has 0 unspecified atom stereocenters. The molecule has 0 spiro atoms. The smallest absolute Gasteiger partial charge is 0.256 e. The molecule has 1 N–H and O–H groups in total. The molecule has 2 aliphatic rings. The van der Waals surface area contributed by atoms with Crippen molar-refractivity contribution in [3.8, 4) is 0 Å². The van der Waals surface area contributed by atoms with Crippen molar-refractivity contribution >= 4 is 34.2 Å². The molecule has 34 heavy (non-hydrogen) atoms. The Morgan fingerprint density at radius 1 is 1.00 bits per heavy atom. The lowest BCUT2D eigenvalue weighted by Crippen LogP contribution is -2.49. The minimum atomic E-state index is -0.885. The second-order valence-electron chi connectivity index (χ2n) is 9.41. The van der Waals surface area contributed by atoms with Gasteiger partial charge >= 0.3 is 0 Å². The van der Waals surface area contributed by atoms with Crippen molar-refractivity contribution in [2.75, 3.05) is 31.1 Å². The zero-order chi connectivity index (χ0) is 23.9. The molecule has 0 saturated carbocycles. The van der Waals surface area contributed by atoms with Gasteiger partial charge in [-0.1, -0.05) is 50.2 Å². The molecule has 2 amide bonds. The lowest BCUT2D eigenvalue weighted by atomic mass is 9.89. The molecule has 1 saturated heterocycles. The largest absolute Gasteiger partial charge is 0.368 e. The average molecular weight is 456 g/mol. The summed E-state index contributed by atoms with van der Waals surface area (Å²) >= 11 is 0. The Hall–Kier alpha value is -3.74. The molecule has 7 nitrogen and oxygen atoms in total. The number of hydrogen-bond acceptors (Lipinski definition) is 5. The van der Waals surface area contributed by atoms with Crippen molar-refractivity contribution in [3.63, 3.8) is 0 Å². The van der Waals surface area contributed by atoms with Gasteiger partial charge in [0.1, 0.15) is 11.2 Å². The third-order valence-corrected chi connectivity index (χ3v) is 7.03. The highest BCUT2D eigenvalue weighted by atomic mass is 16.2. The number of hydrogen-bond donors (Lipinski definition) is 1. The maximum atomic E-state index is 13.7. The second-order valence-corrected chi connectivity index (χ2v) is 9.41. The van der Waals surface area contributed by atoms with E-state index in [-0.39, 0.29) is 17.7 Å². The number of piperazine rings is 1. The van der Waals surface area contributed by atoms with Crippen LogP contribution in [0.2, 0.25) is 0 Å². The lowest BCUT2D eigenvalue weighted by molar-refractivity contribution is -0.124. The van der Waals surface area contributed by atoms with Crippen LogP contribution in [-0.4, -0.2) is 59.3 Å². The topological polar surface area (TPSA) is 77.9 Å². The molecule has 5 rings (SSSR count). The molecule has 2 aromatic carbocycles. The molecular formula is C27H29N5O2. The summed E-state index contributed by atoms with van der Waals surface area (Å²) in [5.74, 6) is 0.132. The Morgan fingerprint density at radius 2 is 1.68 bits per heavy atom. The highest BCUT2D eigenvalue weighted by Crippen LogP contribution is 2.29. The van der Waals surface area contributed by atoms with E-state index in [0.29, 0.717) is 30.2 Å². The number of amides is 2. The lowest BCUT2D eigenvalue weighted by Gasteiger charge is -2.36. The van der Waals surface area contributed by atoms with Crippen molar-refractivity contribution in [1.29, 1.82) is 0 Å². The molecule has 1 aromatic heterocycles. The van der Waals surface area contributed by atoms with Crippen molar-refractivity contribution in [2.45, 2.75) is 26.3 Å². The summed E-state index contributed by atoms with van der Waals surface area (Å²) in [4.78, 5) is 40.2. The second kappa shape index (κ2) is 8.56. The molecule has 0 aliphatic carbocycles. The van der Waals surface area contributed by atoms with E-state index in [0.717, 1.165) is 24.0 Å². The van der Waals surface area contributed by atoms with Gasteiger partial charge in [0.05, 0.1) is 11.1 Å². The van der Waals surface area contributed by atoms with Crippen LogP contribution in [0.3, 0.4) is 0 Å². The summed E-state index contributed by atoms with van der Waals surface area (Å²) in [6, 6.07) is 19.8. The van der Waals surface area contributed by atoms with E-state index in [1.54, 1.807) is 0 Å². The number of para-hydroxylation sites is 2. The first-order valence-electron chi connectivity index (χ1n) is 11.8. The fraction of sp³-hybridized carbons (Fsp3) is 0.333. The Balaban J connectivity index is 1.48. The highest BCUT2D eigenvalue weighted by molar-refractivity contribution is 6.19. The molecule has 2 aliphatic heterocycles. The number of carbonyl (C=O) groups excluding carboxylic acids is 2. The van der Waals surface area contributed by atoms with Crippen LogP contribution in [0, 0.1) is 5.92 Å². The quantitative estimate of drug-likeness (QED) is 0.653. The van der Waals surface area contributed by atoms with Crippen LogP contribution < -0.4 is 10.2 Å². The minimum Gasteiger partial charge on any atom is -0.368 e. The Bertz CT molecular complexity index is 1280. The van der Waals surface area contributed by atoms with E-state index >= 15 is 0 Å². The average Bonchev–Trinajstić information content (AvgIpc) is 3.19. The van der Waals surface area contributed by atoms with Gasteiger partial charge in [-0.25, -0.2) is 9.98 Å². The number of aliphatic imine (C=N–C) groups is 1. The van der Waals surface area contributed by atoms with Crippen molar-refractivity contribution in [2.24, 2.45) is 10.9 Å². The van der Waals surface area contributed by atoms with Crippen molar-refractivity contribution in [3.05, 3.63) is 71.9 Å². The van der Waals surface area contributed by atoms with E-state index in [1.807, 2.05) is 74.2 Å². The zero-order valence-electron chi connectivity index (χ0n) is 19.8. The summed E-state index contributed by atoms with van der Waals surface area (Å²) in [6.07, 6.45) is 0. The summed E-state index contributed by atoms with van der Waals surface area (Å²) in [5.41, 5.74) is 1.95. The summed E-state index contributed by atoms with van der Waals surface area (Å²) in [6.45, 7) is 8.51. The van der Waals surface area contributed by atoms with Crippen LogP contribution in [-0.2, 0) is 4.79 Å². The zero-order valence-corrected chi connectivity index (χ0v) is 19.8. The normalized spacial score (nSPS) is 20.6. The molecule has 1 atom stereocenters. The van der Waals surface area contributed by atoms with Gasteiger partial charge in [0.2, 0.25) is 0 Å². The number of nitrogens with one attached hydrogen (secondary N) is 1.